The molecule has 13 heavy (non-hydrogen) atoms. The molecule has 80 valence electrons. The van der Waals surface area contributed by atoms with E-state index < -0.39 is 0 Å². The molecule has 0 fully saturated rings. The fraction of sp³-hybridized carbons (Fsp3) is 1.00. The van der Waals surface area contributed by atoms with Crippen LogP contribution in [0.1, 0.15) is 13.8 Å². The normalized spacial score (nSPS) is 13.6. The highest BCUT2D eigenvalue weighted by molar-refractivity contribution is 7.99. The van der Waals surface area contributed by atoms with Crippen molar-refractivity contribution in [1.29, 1.82) is 0 Å². The first-order chi connectivity index (χ1) is 6.16. The Morgan fingerprint density at radius 1 is 1.46 bits per heavy atom. The number of rotatable bonds is 8. The number of thioether (sulfide) groups is 1. The van der Waals surface area contributed by atoms with Crippen molar-refractivity contribution in [2.45, 2.75) is 25.2 Å². The molecule has 0 heterocycles. The lowest BCUT2D eigenvalue weighted by Crippen LogP contribution is -2.31. The summed E-state index contributed by atoms with van der Waals surface area (Å²) in [6, 6.07) is 0. The van der Waals surface area contributed by atoms with Crippen molar-refractivity contribution in [2.24, 2.45) is 0 Å². The van der Waals surface area contributed by atoms with Crippen molar-refractivity contribution in [3.8, 4) is 0 Å². The van der Waals surface area contributed by atoms with Crippen molar-refractivity contribution >= 4 is 11.8 Å². The van der Waals surface area contributed by atoms with E-state index in [9.17, 15) is 5.11 Å². The molecule has 2 N–H and O–H groups in total. The first-order valence-electron chi connectivity index (χ1n) is 4.66. The average molecular weight is 207 g/mol. The molecule has 0 aliphatic rings. The molecule has 0 saturated carbocycles. The summed E-state index contributed by atoms with van der Waals surface area (Å²) in [6.07, 6.45) is -0.246. The average Bonchev–Trinajstić information content (AvgIpc) is 2.09. The molecule has 4 heteroatoms. The van der Waals surface area contributed by atoms with Gasteiger partial charge in [-0.1, -0.05) is 13.8 Å². The third-order valence-electron chi connectivity index (χ3n) is 1.48. The third kappa shape index (κ3) is 10.1. The molecular weight excluding hydrogens is 186 g/mol. The van der Waals surface area contributed by atoms with E-state index in [0.717, 1.165) is 12.3 Å². The van der Waals surface area contributed by atoms with E-state index in [1.54, 1.807) is 18.9 Å². The summed E-state index contributed by atoms with van der Waals surface area (Å²) in [6.45, 7) is 6.43. The molecule has 0 radical (unpaired) electrons. The highest BCUT2D eigenvalue weighted by Gasteiger charge is 2.04. The lowest BCUT2D eigenvalue weighted by Gasteiger charge is -2.12. The van der Waals surface area contributed by atoms with Gasteiger partial charge in [0, 0.05) is 26.0 Å². The summed E-state index contributed by atoms with van der Waals surface area (Å²) in [7, 11) is 1.67. The summed E-state index contributed by atoms with van der Waals surface area (Å²) in [5.41, 5.74) is 0. The van der Waals surface area contributed by atoms with E-state index in [-0.39, 0.29) is 6.10 Å². The van der Waals surface area contributed by atoms with Crippen LogP contribution in [0.25, 0.3) is 0 Å². The van der Waals surface area contributed by atoms with Gasteiger partial charge in [-0.15, -0.1) is 0 Å². The van der Waals surface area contributed by atoms with Crippen LogP contribution in [0.3, 0.4) is 0 Å². The lowest BCUT2D eigenvalue weighted by atomic mass is 10.4. The lowest BCUT2D eigenvalue weighted by molar-refractivity contribution is 0.175. The highest BCUT2D eigenvalue weighted by Crippen LogP contribution is 2.09. The number of hydrogen-bond donors (Lipinski definition) is 2. The predicted octanol–water partition coefficient (Wildman–Crippen LogP) is 0.725. The predicted molar refractivity (Wildman–Crippen MR) is 58.3 cm³/mol. The largest absolute Gasteiger partial charge is 0.391 e. The zero-order valence-corrected chi connectivity index (χ0v) is 9.56. The smallest absolute Gasteiger partial charge is 0.0754 e. The zero-order chi connectivity index (χ0) is 10.1. The minimum absolute atomic E-state index is 0.246. The van der Waals surface area contributed by atoms with Gasteiger partial charge in [-0.05, 0) is 5.25 Å². The Labute approximate surface area is 85.2 Å². The molecule has 0 saturated heterocycles. The second-order valence-electron chi connectivity index (χ2n) is 3.23. The maximum atomic E-state index is 9.47. The molecule has 0 amide bonds. The Kier molecular flexibility index (Phi) is 8.97. The van der Waals surface area contributed by atoms with Crippen LogP contribution in [-0.4, -0.2) is 49.0 Å². The van der Waals surface area contributed by atoms with E-state index in [2.05, 4.69) is 19.2 Å². The van der Waals surface area contributed by atoms with Gasteiger partial charge >= 0.3 is 0 Å². The van der Waals surface area contributed by atoms with Gasteiger partial charge in [0.25, 0.3) is 0 Å². The molecule has 0 spiro atoms. The molecular formula is C9H21NO2S. The second-order valence-corrected chi connectivity index (χ2v) is 4.84. The number of methoxy groups -OCH3 is 1. The number of aliphatic hydroxyl groups is 1. The summed E-state index contributed by atoms with van der Waals surface area (Å²) in [5.74, 6) is 0.803. The molecule has 3 nitrogen and oxygen atoms in total. The van der Waals surface area contributed by atoms with E-state index in [4.69, 9.17) is 4.74 Å². The molecule has 0 aromatic rings. The number of aliphatic hydroxyl groups excluding tert-OH is 1. The molecule has 1 atom stereocenters. The third-order valence-corrected chi connectivity index (χ3v) is 2.73. The number of nitrogens with one attached hydrogen (secondary N) is 1. The van der Waals surface area contributed by atoms with Gasteiger partial charge in [-0.3, -0.25) is 0 Å². The first kappa shape index (κ1) is 13.2. The molecule has 0 aliphatic heterocycles. The van der Waals surface area contributed by atoms with Crippen molar-refractivity contribution in [1.82, 2.24) is 5.32 Å². The number of ether oxygens (including phenoxy) is 1. The van der Waals surface area contributed by atoms with Crippen LogP contribution in [-0.2, 0) is 4.74 Å². The molecule has 1 unspecified atom stereocenters. The van der Waals surface area contributed by atoms with Crippen LogP contribution in [0.5, 0.6) is 0 Å². The minimum atomic E-state index is -0.246. The summed E-state index contributed by atoms with van der Waals surface area (Å²) >= 11 is 1.78. The molecule has 0 bridgehead atoms. The van der Waals surface area contributed by atoms with Crippen LogP contribution in [0, 0.1) is 0 Å². The van der Waals surface area contributed by atoms with Crippen LogP contribution >= 0.6 is 11.8 Å². The first-order valence-corrected chi connectivity index (χ1v) is 5.71. The summed E-state index contributed by atoms with van der Waals surface area (Å²) in [4.78, 5) is 0. The standard InChI is InChI=1S/C9H21NO2S/c1-8(2)13-7-9(11)6-10-4-5-12-3/h8-11H,4-7H2,1-3H3. The summed E-state index contributed by atoms with van der Waals surface area (Å²) < 4.78 is 4.87. The van der Waals surface area contributed by atoms with Gasteiger partial charge in [0.05, 0.1) is 12.7 Å². The quantitative estimate of drug-likeness (QED) is 0.576. The maximum absolute atomic E-state index is 9.47. The van der Waals surface area contributed by atoms with Gasteiger partial charge < -0.3 is 15.2 Å². The Morgan fingerprint density at radius 2 is 2.15 bits per heavy atom. The van der Waals surface area contributed by atoms with Gasteiger partial charge in [0.15, 0.2) is 0 Å². The minimum Gasteiger partial charge on any atom is -0.391 e. The Morgan fingerprint density at radius 3 is 2.69 bits per heavy atom. The van der Waals surface area contributed by atoms with Gasteiger partial charge in [0.1, 0.15) is 0 Å². The van der Waals surface area contributed by atoms with Gasteiger partial charge in [0.2, 0.25) is 0 Å². The molecule has 0 rings (SSSR count). The zero-order valence-electron chi connectivity index (χ0n) is 8.75. The van der Waals surface area contributed by atoms with Gasteiger partial charge in [-0.25, -0.2) is 0 Å². The highest BCUT2D eigenvalue weighted by atomic mass is 32.2. The van der Waals surface area contributed by atoms with E-state index in [1.807, 2.05) is 0 Å². The SMILES string of the molecule is COCCNCC(O)CSC(C)C. The van der Waals surface area contributed by atoms with Crippen molar-refractivity contribution in [3.05, 3.63) is 0 Å². The Hall–Kier alpha value is 0.230. The van der Waals surface area contributed by atoms with E-state index in [1.165, 1.54) is 0 Å². The van der Waals surface area contributed by atoms with Crippen molar-refractivity contribution in [3.63, 3.8) is 0 Å². The Balaban J connectivity index is 3.15. The Bertz CT molecular complexity index is 112. The summed E-state index contributed by atoms with van der Waals surface area (Å²) in [5, 5.41) is 13.2. The van der Waals surface area contributed by atoms with Gasteiger partial charge in [-0.2, -0.15) is 11.8 Å². The maximum Gasteiger partial charge on any atom is 0.0754 e. The van der Waals surface area contributed by atoms with Crippen molar-refractivity contribution < 1.29 is 9.84 Å². The molecule has 0 aliphatic carbocycles. The topological polar surface area (TPSA) is 41.5 Å². The monoisotopic (exact) mass is 207 g/mol. The van der Waals surface area contributed by atoms with Crippen LogP contribution in [0.4, 0.5) is 0 Å². The van der Waals surface area contributed by atoms with Crippen LogP contribution < -0.4 is 5.32 Å². The second kappa shape index (κ2) is 8.81. The fourth-order valence-corrected chi connectivity index (χ4v) is 1.53. The van der Waals surface area contributed by atoms with Crippen molar-refractivity contribution in [2.75, 3.05) is 32.6 Å². The van der Waals surface area contributed by atoms with E-state index >= 15 is 0 Å². The van der Waals surface area contributed by atoms with Crippen LogP contribution in [0.15, 0.2) is 0 Å². The van der Waals surface area contributed by atoms with Crippen LogP contribution in [0.2, 0.25) is 0 Å². The van der Waals surface area contributed by atoms with E-state index in [0.29, 0.717) is 18.4 Å². The number of hydrogen-bond acceptors (Lipinski definition) is 4. The molecule has 0 aromatic heterocycles. The molecule has 0 aromatic carbocycles. The fourth-order valence-electron chi connectivity index (χ4n) is 0.805.